The predicted molar refractivity (Wildman–Crippen MR) is 53.7 cm³/mol. The van der Waals surface area contributed by atoms with Gasteiger partial charge in [-0.05, 0) is 43.1 Å². The van der Waals surface area contributed by atoms with E-state index >= 15 is 0 Å². The molecule has 0 amide bonds. The van der Waals surface area contributed by atoms with Crippen molar-refractivity contribution in [3.8, 4) is 0 Å². The second-order valence-corrected chi connectivity index (χ2v) is 3.26. The Morgan fingerprint density at radius 3 is 2.71 bits per heavy atom. The summed E-state index contributed by atoms with van der Waals surface area (Å²) in [5.41, 5.74) is 2.06. The number of rotatable bonds is 5. The number of nitrogens with one attached hydrogen (secondary N) is 1. The van der Waals surface area contributed by atoms with E-state index in [1.807, 2.05) is 6.92 Å². The molecule has 1 aromatic carbocycles. The zero-order valence-corrected chi connectivity index (χ0v) is 8.32. The van der Waals surface area contributed by atoms with Crippen LogP contribution in [0.15, 0.2) is 18.2 Å². The van der Waals surface area contributed by atoms with E-state index in [0.29, 0.717) is 6.54 Å². The maximum Gasteiger partial charge on any atom is 0.123 e. The first-order valence-electron chi connectivity index (χ1n) is 4.75. The van der Waals surface area contributed by atoms with E-state index in [0.717, 1.165) is 24.1 Å². The van der Waals surface area contributed by atoms with Gasteiger partial charge in [-0.25, -0.2) is 8.78 Å². The van der Waals surface area contributed by atoms with Crippen molar-refractivity contribution in [2.45, 2.75) is 13.3 Å². The Morgan fingerprint density at radius 1 is 1.29 bits per heavy atom. The van der Waals surface area contributed by atoms with Crippen molar-refractivity contribution in [1.82, 2.24) is 5.32 Å². The van der Waals surface area contributed by atoms with Crippen LogP contribution >= 0.6 is 0 Å². The first-order valence-corrected chi connectivity index (χ1v) is 4.75. The summed E-state index contributed by atoms with van der Waals surface area (Å²) >= 11 is 0. The van der Waals surface area contributed by atoms with Crippen molar-refractivity contribution in [1.29, 1.82) is 0 Å². The third-order valence-corrected chi connectivity index (χ3v) is 2.15. The molecule has 0 aliphatic rings. The zero-order valence-electron chi connectivity index (χ0n) is 8.32. The maximum atomic E-state index is 12.7. The normalized spacial score (nSPS) is 10.5. The molecule has 3 heteroatoms. The van der Waals surface area contributed by atoms with Crippen LogP contribution in [0.3, 0.4) is 0 Å². The van der Waals surface area contributed by atoms with Crippen LogP contribution in [0.5, 0.6) is 0 Å². The lowest BCUT2D eigenvalue weighted by molar-refractivity contribution is 0.468. The molecule has 0 saturated carbocycles. The molecular formula is C11H15F2N. The van der Waals surface area contributed by atoms with Crippen molar-refractivity contribution in [2.24, 2.45) is 0 Å². The molecule has 0 saturated heterocycles. The van der Waals surface area contributed by atoms with E-state index in [2.05, 4.69) is 5.32 Å². The van der Waals surface area contributed by atoms with Gasteiger partial charge in [0.15, 0.2) is 0 Å². The summed E-state index contributed by atoms with van der Waals surface area (Å²) < 4.78 is 24.5. The Labute approximate surface area is 83.1 Å². The number of benzene rings is 1. The second kappa shape index (κ2) is 5.70. The topological polar surface area (TPSA) is 12.0 Å². The van der Waals surface area contributed by atoms with Crippen LogP contribution in [0.4, 0.5) is 8.78 Å². The molecule has 0 aromatic heterocycles. The monoisotopic (exact) mass is 199 g/mol. The Balaban J connectivity index is 2.42. The predicted octanol–water partition coefficient (Wildman–Crippen LogP) is 2.24. The van der Waals surface area contributed by atoms with Crippen molar-refractivity contribution < 1.29 is 8.78 Å². The van der Waals surface area contributed by atoms with E-state index in [-0.39, 0.29) is 12.5 Å². The summed E-state index contributed by atoms with van der Waals surface area (Å²) in [5.74, 6) is -0.206. The molecule has 1 aromatic rings. The van der Waals surface area contributed by atoms with Gasteiger partial charge < -0.3 is 5.32 Å². The molecule has 1 rings (SSSR count). The van der Waals surface area contributed by atoms with Gasteiger partial charge >= 0.3 is 0 Å². The molecule has 0 radical (unpaired) electrons. The minimum absolute atomic E-state index is 0.206. The van der Waals surface area contributed by atoms with E-state index in [1.54, 1.807) is 6.07 Å². The Morgan fingerprint density at radius 2 is 2.07 bits per heavy atom. The average Bonchev–Trinajstić information content (AvgIpc) is 2.15. The Kier molecular flexibility index (Phi) is 4.53. The number of aryl methyl sites for hydroxylation is 1. The highest BCUT2D eigenvalue weighted by molar-refractivity contribution is 5.26. The second-order valence-electron chi connectivity index (χ2n) is 3.26. The molecule has 0 bridgehead atoms. The minimum Gasteiger partial charge on any atom is -0.314 e. The van der Waals surface area contributed by atoms with Crippen LogP contribution in [-0.4, -0.2) is 19.8 Å². The minimum atomic E-state index is -0.345. The fourth-order valence-corrected chi connectivity index (χ4v) is 1.35. The molecule has 1 nitrogen and oxygen atoms in total. The fourth-order valence-electron chi connectivity index (χ4n) is 1.35. The Hall–Kier alpha value is -0.960. The van der Waals surface area contributed by atoms with Crippen LogP contribution < -0.4 is 5.32 Å². The zero-order chi connectivity index (χ0) is 10.4. The van der Waals surface area contributed by atoms with Gasteiger partial charge in [0, 0.05) is 6.54 Å². The molecule has 78 valence electrons. The van der Waals surface area contributed by atoms with Gasteiger partial charge in [-0.3, -0.25) is 0 Å². The number of hydrogen-bond acceptors (Lipinski definition) is 1. The largest absolute Gasteiger partial charge is 0.314 e. The fraction of sp³-hybridized carbons (Fsp3) is 0.455. The highest BCUT2D eigenvalue weighted by atomic mass is 19.1. The average molecular weight is 199 g/mol. The summed E-state index contributed by atoms with van der Waals surface area (Å²) in [6, 6.07) is 4.75. The quantitative estimate of drug-likeness (QED) is 0.717. The van der Waals surface area contributed by atoms with E-state index in [4.69, 9.17) is 0 Å². The van der Waals surface area contributed by atoms with Gasteiger partial charge in [0.25, 0.3) is 0 Å². The molecule has 1 N–H and O–H groups in total. The van der Waals surface area contributed by atoms with Gasteiger partial charge in [0.2, 0.25) is 0 Å². The summed E-state index contributed by atoms with van der Waals surface area (Å²) in [6.45, 7) is 2.66. The van der Waals surface area contributed by atoms with Crippen LogP contribution in [-0.2, 0) is 6.42 Å². The lowest BCUT2D eigenvalue weighted by atomic mass is 10.1. The van der Waals surface area contributed by atoms with Crippen molar-refractivity contribution in [3.63, 3.8) is 0 Å². The van der Waals surface area contributed by atoms with E-state index in [1.165, 1.54) is 12.1 Å². The van der Waals surface area contributed by atoms with Crippen LogP contribution in [0.2, 0.25) is 0 Å². The molecule has 0 aliphatic carbocycles. The van der Waals surface area contributed by atoms with Gasteiger partial charge in [-0.2, -0.15) is 0 Å². The van der Waals surface area contributed by atoms with E-state index in [9.17, 15) is 8.78 Å². The van der Waals surface area contributed by atoms with Crippen molar-refractivity contribution in [3.05, 3.63) is 35.1 Å². The summed E-state index contributed by atoms with van der Waals surface area (Å²) in [7, 11) is 0. The highest BCUT2D eigenvalue weighted by Gasteiger charge is 1.99. The lowest BCUT2D eigenvalue weighted by Crippen LogP contribution is -2.19. The molecular weight excluding hydrogens is 184 g/mol. The summed E-state index contributed by atoms with van der Waals surface area (Å²) in [5, 5.41) is 2.96. The van der Waals surface area contributed by atoms with Gasteiger partial charge in [-0.1, -0.05) is 6.07 Å². The SMILES string of the molecule is Cc1cc(F)ccc1CCNCCF. The molecule has 14 heavy (non-hydrogen) atoms. The lowest BCUT2D eigenvalue weighted by Gasteiger charge is -2.06. The van der Waals surface area contributed by atoms with E-state index < -0.39 is 0 Å². The van der Waals surface area contributed by atoms with Crippen LogP contribution in [0.1, 0.15) is 11.1 Å². The van der Waals surface area contributed by atoms with Crippen LogP contribution in [0.25, 0.3) is 0 Å². The standard InChI is InChI=1S/C11H15F2N/c1-9-8-11(13)3-2-10(9)4-6-14-7-5-12/h2-3,8,14H,4-7H2,1H3. The number of hydrogen-bond donors (Lipinski definition) is 1. The molecule has 0 fully saturated rings. The number of halogens is 2. The molecule has 0 atom stereocenters. The molecule has 0 heterocycles. The summed E-state index contributed by atoms with van der Waals surface area (Å²) in [4.78, 5) is 0. The Bertz CT molecular complexity index is 287. The van der Waals surface area contributed by atoms with Crippen molar-refractivity contribution in [2.75, 3.05) is 19.8 Å². The molecule has 0 unspecified atom stereocenters. The third kappa shape index (κ3) is 3.42. The van der Waals surface area contributed by atoms with Gasteiger partial charge in [-0.15, -0.1) is 0 Å². The molecule has 0 aliphatic heterocycles. The van der Waals surface area contributed by atoms with Crippen LogP contribution in [0, 0.1) is 12.7 Å². The van der Waals surface area contributed by atoms with Crippen molar-refractivity contribution >= 4 is 0 Å². The summed E-state index contributed by atoms with van der Waals surface area (Å²) in [6.07, 6.45) is 0.812. The molecule has 0 spiro atoms. The maximum absolute atomic E-state index is 12.7. The van der Waals surface area contributed by atoms with Gasteiger partial charge in [0.1, 0.15) is 12.5 Å². The highest BCUT2D eigenvalue weighted by Crippen LogP contribution is 2.10. The number of alkyl halides is 1. The van der Waals surface area contributed by atoms with Gasteiger partial charge in [0.05, 0.1) is 0 Å². The third-order valence-electron chi connectivity index (χ3n) is 2.15. The first-order chi connectivity index (χ1) is 6.74. The smallest absolute Gasteiger partial charge is 0.123 e. The first kappa shape index (κ1) is 11.1.